The number of benzene rings is 5. The highest BCUT2D eigenvalue weighted by Gasteiger charge is 2.32. The van der Waals surface area contributed by atoms with Crippen molar-refractivity contribution in [3.8, 4) is 11.3 Å². The Morgan fingerprint density at radius 2 is 1.24 bits per heavy atom. The van der Waals surface area contributed by atoms with Crippen molar-refractivity contribution >= 4 is 22.3 Å². The van der Waals surface area contributed by atoms with Gasteiger partial charge in [-0.3, -0.25) is 0 Å². The Morgan fingerprint density at radius 3 is 1.86 bits per heavy atom. The van der Waals surface area contributed by atoms with Crippen LogP contribution in [0.25, 0.3) is 22.2 Å². The quantitative estimate of drug-likeness (QED) is 0.130. The molecule has 0 fully saturated rings. The summed E-state index contributed by atoms with van der Waals surface area (Å²) < 4.78 is 43.0. The zero-order valence-electron chi connectivity index (χ0n) is 28.7. The van der Waals surface area contributed by atoms with E-state index in [0.717, 1.165) is 51.9 Å². The van der Waals surface area contributed by atoms with E-state index in [-0.39, 0.29) is 12.5 Å². The Balaban J connectivity index is 1.63. The number of para-hydroxylation sites is 1. The molecule has 0 aliphatic rings. The summed E-state index contributed by atoms with van der Waals surface area (Å²) in [4.78, 5) is 3.73. The van der Waals surface area contributed by atoms with Crippen LogP contribution in [0.5, 0.6) is 0 Å². The lowest BCUT2D eigenvalue weighted by atomic mass is 9.80. The molecular formula is C43H44F3N3. The molecule has 3 nitrogen and oxygen atoms in total. The van der Waals surface area contributed by atoms with Crippen molar-refractivity contribution in [2.45, 2.75) is 46.3 Å². The molecule has 0 aliphatic carbocycles. The highest BCUT2D eigenvalue weighted by atomic mass is 19.4. The smallest absolute Gasteiger partial charge is 0.372 e. The first kappa shape index (κ1) is 33.9. The van der Waals surface area contributed by atoms with E-state index in [1.807, 2.05) is 37.3 Å². The molecule has 0 saturated carbocycles. The fourth-order valence-corrected chi connectivity index (χ4v) is 7.21. The number of hydrogen-bond acceptors (Lipinski definition) is 2. The van der Waals surface area contributed by atoms with Crippen LogP contribution in [0, 0.1) is 6.92 Å². The van der Waals surface area contributed by atoms with Crippen LogP contribution in [-0.4, -0.2) is 36.9 Å². The van der Waals surface area contributed by atoms with Gasteiger partial charge in [-0.15, -0.1) is 0 Å². The van der Waals surface area contributed by atoms with E-state index < -0.39 is 12.7 Å². The molecule has 1 unspecified atom stereocenters. The van der Waals surface area contributed by atoms with E-state index in [0.29, 0.717) is 12.2 Å². The average Bonchev–Trinajstić information content (AvgIpc) is 3.43. The normalized spacial score (nSPS) is 12.3. The standard InChI is InChI=1S/C43H44F3N3/c1-5-47(6-2)35-24-22-33(23-25-35)40(37-27-26-36(28-31(37)4)48(7-3)30-43(44,45)46)41-38-20-14-15-21-39(38)49(29-32-16-10-8-11-17-32)42(41)34-18-12-9-13-19-34/h8-28,40H,5-7,29-30H2,1-4H3. The molecule has 0 saturated heterocycles. The van der Waals surface area contributed by atoms with E-state index in [2.05, 4.69) is 120 Å². The third-order valence-corrected chi connectivity index (χ3v) is 9.57. The molecule has 1 heterocycles. The lowest BCUT2D eigenvalue weighted by molar-refractivity contribution is -0.119. The maximum Gasteiger partial charge on any atom is 0.405 e. The highest BCUT2D eigenvalue weighted by molar-refractivity contribution is 5.94. The largest absolute Gasteiger partial charge is 0.405 e. The summed E-state index contributed by atoms with van der Waals surface area (Å²) in [6, 6.07) is 44.4. The first-order chi connectivity index (χ1) is 23.7. The van der Waals surface area contributed by atoms with Crippen LogP contribution in [0.15, 0.2) is 127 Å². The SMILES string of the molecule is CCN(CC)c1ccc(C(c2ccc(N(CC)CC(F)(F)F)cc2C)c2c(-c3ccccc3)n(Cc3ccccc3)c3ccccc23)cc1. The average molecular weight is 660 g/mol. The molecule has 0 spiro atoms. The summed E-state index contributed by atoms with van der Waals surface area (Å²) in [6.45, 7) is 9.93. The number of anilines is 2. The molecule has 0 aliphatic heterocycles. The minimum Gasteiger partial charge on any atom is -0.372 e. The summed E-state index contributed by atoms with van der Waals surface area (Å²) in [5, 5.41) is 1.16. The number of fused-ring (bicyclic) bond motifs is 1. The van der Waals surface area contributed by atoms with E-state index in [9.17, 15) is 13.2 Å². The molecule has 6 heteroatoms. The van der Waals surface area contributed by atoms with Crippen molar-refractivity contribution in [1.29, 1.82) is 0 Å². The van der Waals surface area contributed by atoms with Crippen molar-refractivity contribution in [2.75, 3.05) is 36.0 Å². The van der Waals surface area contributed by atoms with E-state index >= 15 is 0 Å². The summed E-state index contributed by atoms with van der Waals surface area (Å²) in [5.74, 6) is -0.186. The molecule has 0 bridgehead atoms. The summed E-state index contributed by atoms with van der Waals surface area (Å²) in [6.07, 6.45) is -4.29. The van der Waals surface area contributed by atoms with Gasteiger partial charge < -0.3 is 14.4 Å². The van der Waals surface area contributed by atoms with Crippen molar-refractivity contribution < 1.29 is 13.2 Å². The molecule has 1 atom stereocenters. The lowest BCUT2D eigenvalue weighted by Gasteiger charge is -2.28. The van der Waals surface area contributed by atoms with Crippen LogP contribution in [0.4, 0.5) is 24.5 Å². The maximum absolute atomic E-state index is 13.5. The number of rotatable bonds is 12. The Labute approximate surface area is 288 Å². The second-order valence-corrected chi connectivity index (χ2v) is 12.6. The summed E-state index contributed by atoms with van der Waals surface area (Å²) in [5.41, 5.74) is 10.7. The van der Waals surface area contributed by atoms with E-state index in [1.54, 1.807) is 6.92 Å². The van der Waals surface area contributed by atoms with Gasteiger partial charge in [0.05, 0.1) is 5.69 Å². The van der Waals surface area contributed by atoms with Crippen molar-refractivity contribution in [3.05, 3.63) is 155 Å². The van der Waals surface area contributed by atoms with Gasteiger partial charge in [-0.25, -0.2) is 0 Å². The molecular weight excluding hydrogens is 615 g/mol. The minimum absolute atomic E-state index is 0.186. The molecule has 0 radical (unpaired) electrons. The fraction of sp³-hybridized carbons (Fsp3) is 0.256. The molecule has 6 aromatic rings. The molecule has 49 heavy (non-hydrogen) atoms. The third-order valence-electron chi connectivity index (χ3n) is 9.57. The van der Waals surface area contributed by atoms with E-state index in [4.69, 9.17) is 0 Å². The van der Waals surface area contributed by atoms with Crippen molar-refractivity contribution in [3.63, 3.8) is 0 Å². The first-order valence-corrected chi connectivity index (χ1v) is 17.2. The van der Waals surface area contributed by atoms with Crippen molar-refractivity contribution in [1.82, 2.24) is 4.57 Å². The second-order valence-electron chi connectivity index (χ2n) is 12.6. The molecule has 5 aromatic carbocycles. The Morgan fingerprint density at radius 1 is 0.653 bits per heavy atom. The predicted molar refractivity (Wildman–Crippen MR) is 199 cm³/mol. The zero-order valence-corrected chi connectivity index (χ0v) is 28.7. The number of alkyl halides is 3. The van der Waals surface area contributed by atoms with Gasteiger partial charge in [-0.2, -0.15) is 13.2 Å². The number of aryl methyl sites for hydroxylation is 1. The molecule has 0 N–H and O–H groups in total. The number of aromatic nitrogens is 1. The van der Waals surface area contributed by atoms with Gasteiger partial charge in [0.25, 0.3) is 0 Å². The Hall–Kier alpha value is -4.97. The molecule has 6 rings (SSSR count). The van der Waals surface area contributed by atoms with Crippen molar-refractivity contribution in [2.24, 2.45) is 0 Å². The first-order valence-electron chi connectivity index (χ1n) is 17.2. The summed E-state index contributed by atoms with van der Waals surface area (Å²) in [7, 11) is 0. The van der Waals surface area contributed by atoms with Crippen LogP contribution >= 0.6 is 0 Å². The topological polar surface area (TPSA) is 11.4 Å². The minimum atomic E-state index is -4.29. The molecule has 252 valence electrons. The highest BCUT2D eigenvalue weighted by Crippen LogP contribution is 2.46. The van der Waals surface area contributed by atoms with Crippen LogP contribution in [-0.2, 0) is 6.54 Å². The summed E-state index contributed by atoms with van der Waals surface area (Å²) >= 11 is 0. The predicted octanol–water partition coefficient (Wildman–Crippen LogP) is 11.1. The van der Waals surface area contributed by atoms with Gasteiger partial charge in [-0.1, -0.05) is 97.1 Å². The van der Waals surface area contributed by atoms with Crippen LogP contribution in [0.1, 0.15) is 54.5 Å². The van der Waals surface area contributed by atoms with Gasteiger partial charge in [-0.05, 0) is 91.4 Å². The van der Waals surface area contributed by atoms with Gasteiger partial charge >= 0.3 is 6.18 Å². The monoisotopic (exact) mass is 659 g/mol. The Kier molecular flexibility index (Phi) is 10.1. The molecule has 1 aromatic heterocycles. The number of nitrogens with zero attached hydrogens (tertiary/aromatic N) is 3. The van der Waals surface area contributed by atoms with Crippen LogP contribution in [0.3, 0.4) is 0 Å². The lowest BCUT2D eigenvalue weighted by Crippen LogP contribution is -2.34. The number of hydrogen-bond donors (Lipinski definition) is 0. The van der Waals surface area contributed by atoms with Gasteiger partial charge in [0, 0.05) is 54.4 Å². The van der Waals surface area contributed by atoms with E-state index in [1.165, 1.54) is 21.7 Å². The van der Waals surface area contributed by atoms with Crippen LogP contribution in [0.2, 0.25) is 0 Å². The fourth-order valence-electron chi connectivity index (χ4n) is 7.21. The zero-order chi connectivity index (χ0) is 34.5. The molecule has 0 amide bonds. The Bertz CT molecular complexity index is 1980. The van der Waals surface area contributed by atoms with Gasteiger partial charge in [0.15, 0.2) is 0 Å². The third kappa shape index (κ3) is 7.24. The van der Waals surface area contributed by atoms with Crippen LogP contribution < -0.4 is 9.80 Å². The second kappa shape index (κ2) is 14.7. The van der Waals surface area contributed by atoms with Gasteiger partial charge in [0.1, 0.15) is 6.54 Å². The van der Waals surface area contributed by atoms with Gasteiger partial charge in [0.2, 0.25) is 0 Å². The maximum atomic E-state index is 13.5. The number of halogens is 3.